The number of nitrogens with zero attached hydrogens (tertiary/aromatic N) is 4. The molecule has 0 saturated heterocycles. The van der Waals surface area contributed by atoms with Crippen molar-refractivity contribution in [2.75, 3.05) is 11.1 Å². The first-order valence-corrected chi connectivity index (χ1v) is 9.85. The van der Waals surface area contributed by atoms with Gasteiger partial charge in [0.1, 0.15) is 5.75 Å². The van der Waals surface area contributed by atoms with Gasteiger partial charge in [0, 0.05) is 18.6 Å². The lowest BCUT2D eigenvalue weighted by Crippen LogP contribution is -2.14. The van der Waals surface area contributed by atoms with Crippen molar-refractivity contribution in [3.8, 4) is 5.75 Å². The minimum Gasteiger partial charge on any atom is -0.482 e. The van der Waals surface area contributed by atoms with Gasteiger partial charge in [0.25, 0.3) is 0 Å². The number of benzene rings is 1. The molecule has 2 heterocycles. The van der Waals surface area contributed by atoms with E-state index in [-0.39, 0.29) is 17.8 Å². The topological polar surface area (TPSA) is 81.9 Å². The molecule has 1 aromatic carbocycles. The minimum atomic E-state index is -0.257. The van der Waals surface area contributed by atoms with E-state index in [1.54, 1.807) is 6.20 Å². The number of carbonyl (C=O) groups is 1. The van der Waals surface area contributed by atoms with Crippen molar-refractivity contribution >= 4 is 34.1 Å². The Bertz CT molecular complexity index is 879. The lowest BCUT2D eigenvalue weighted by molar-refractivity contribution is -0.113. The molecule has 0 aliphatic rings. The third-order valence-corrected chi connectivity index (χ3v) is 5.35. The van der Waals surface area contributed by atoms with Crippen LogP contribution in [0, 0.1) is 6.92 Å². The van der Waals surface area contributed by atoms with Gasteiger partial charge in [-0.05, 0) is 25.5 Å². The number of carbonyl (C=O) groups excluding carboxylic acids is 1. The van der Waals surface area contributed by atoms with Gasteiger partial charge in [0.05, 0.1) is 5.75 Å². The highest BCUT2D eigenvalue weighted by atomic mass is 32.2. The molecule has 1 atom stereocenters. The van der Waals surface area contributed by atoms with Crippen LogP contribution in [0.5, 0.6) is 5.75 Å². The van der Waals surface area contributed by atoms with Gasteiger partial charge in [-0.25, -0.2) is 4.98 Å². The van der Waals surface area contributed by atoms with Crippen LogP contribution in [0.1, 0.15) is 24.4 Å². The standard InChI is InChI=1S/C17H19N5O2S2/c1-11-6-4-5-7-13(11)24-12(2)15-20-21-17(22(15)3)26-10-14(23)19-16-18-8-9-25-16/h4-9,12H,10H2,1-3H3,(H,18,19,23). The molecule has 0 saturated carbocycles. The second-order valence-corrected chi connectivity index (χ2v) is 7.44. The maximum Gasteiger partial charge on any atom is 0.236 e. The highest BCUT2D eigenvalue weighted by molar-refractivity contribution is 7.99. The van der Waals surface area contributed by atoms with E-state index in [1.807, 2.05) is 55.1 Å². The summed E-state index contributed by atoms with van der Waals surface area (Å²) in [5, 5.41) is 14.2. The molecule has 0 aliphatic carbocycles. The molecule has 0 fully saturated rings. The average molecular weight is 390 g/mol. The number of rotatable bonds is 7. The molecule has 0 spiro atoms. The Morgan fingerprint density at radius 3 is 2.92 bits per heavy atom. The van der Waals surface area contributed by atoms with E-state index < -0.39 is 0 Å². The predicted octanol–water partition coefficient (Wildman–Crippen LogP) is 3.45. The van der Waals surface area contributed by atoms with Gasteiger partial charge in [-0.15, -0.1) is 21.5 Å². The Labute approximate surface area is 159 Å². The van der Waals surface area contributed by atoms with Crippen molar-refractivity contribution in [2.24, 2.45) is 7.05 Å². The molecule has 3 rings (SSSR count). The number of aryl methyl sites for hydroxylation is 1. The Morgan fingerprint density at radius 1 is 1.38 bits per heavy atom. The van der Waals surface area contributed by atoms with Crippen LogP contribution in [0.15, 0.2) is 41.0 Å². The Hall–Kier alpha value is -2.39. The number of para-hydroxylation sites is 1. The number of hydrogen-bond donors (Lipinski definition) is 1. The zero-order valence-corrected chi connectivity index (χ0v) is 16.3. The van der Waals surface area contributed by atoms with Gasteiger partial charge in [-0.2, -0.15) is 0 Å². The van der Waals surface area contributed by atoms with Gasteiger partial charge in [-0.1, -0.05) is 30.0 Å². The summed E-state index contributed by atoms with van der Waals surface area (Å²) in [6.07, 6.45) is 1.39. The lowest BCUT2D eigenvalue weighted by Gasteiger charge is -2.15. The van der Waals surface area contributed by atoms with Crippen LogP contribution in [0.3, 0.4) is 0 Å². The molecule has 0 aliphatic heterocycles. The van der Waals surface area contributed by atoms with Crippen molar-refractivity contribution in [1.82, 2.24) is 19.7 Å². The molecular weight excluding hydrogens is 370 g/mol. The summed E-state index contributed by atoms with van der Waals surface area (Å²) in [5.74, 6) is 1.63. The maximum atomic E-state index is 12.0. The Balaban J connectivity index is 1.60. The number of hydrogen-bond acceptors (Lipinski definition) is 7. The summed E-state index contributed by atoms with van der Waals surface area (Å²) >= 11 is 2.71. The lowest BCUT2D eigenvalue weighted by atomic mass is 10.2. The van der Waals surface area contributed by atoms with Crippen LogP contribution in [-0.2, 0) is 11.8 Å². The largest absolute Gasteiger partial charge is 0.482 e. The van der Waals surface area contributed by atoms with Crippen LogP contribution in [-0.4, -0.2) is 31.4 Å². The van der Waals surface area contributed by atoms with Gasteiger partial charge < -0.3 is 14.6 Å². The van der Waals surface area contributed by atoms with Crippen molar-refractivity contribution in [1.29, 1.82) is 0 Å². The SMILES string of the molecule is Cc1ccccc1OC(C)c1nnc(SCC(=O)Nc2nccs2)n1C. The van der Waals surface area contributed by atoms with E-state index in [0.29, 0.717) is 16.1 Å². The van der Waals surface area contributed by atoms with Crippen molar-refractivity contribution in [3.63, 3.8) is 0 Å². The monoisotopic (exact) mass is 389 g/mol. The van der Waals surface area contributed by atoms with E-state index in [2.05, 4.69) is 20.5 Å². The summed E-state index contributed by atoms with van der Waals surface area (Å²) in [7, 11) is 1.87. The van der Waals surface area contributed by atoms with Crippen LogP contribution in [0.25, 0.3) is 0 Å². The number of aromatic nitrogens is 4. The van der Waals surface area contributed by atoms with E-state index in [1.165, 1.54) is 23.1 Å². The van der Waals surface area contributed by atoms with Gasteiger partial charge in [0.15, 0.2) is 22.2 Å². The molecular formula is C17H19N5O2S2. The van der Waals surface area contributed by atoms with Gasteiger partial charge in [0.2, 0.25) is 5.91 Å². The normalized spacial score (nSPS) is 12.0. The fourth-order valence-electron chi connectivity index (χ4n) is 2.31. The summed E-state index contributed by atoms with van der Waals surface area (Å²) in [6, 6.07) is 7.84. The number of thioether (sulfide) groups is 1. The fraction of sp³-hybridized carbons (Fsp3) is 0.294. The summed E-state index contributed by atoms with van der Waals surface area (Å²) in [4.78, 5) is 16.0. The molecule has 26 heavy (non-hydrogen) atoms. The fourth-order valence-corrected chi connectivity index (χ4v) is 3.57. The van der Waals surface area contributed by atoms with Gasteiger partial charge >= 0.3 is 0 Å². The Kier molecular flexibility index (Phi) is 5.89. The van der Waals surface area contributed by atoms with Crippen LogP contribution in [0.4, 0.5) is 5.13 Å². The second-order valence-electron chi connectivity index (χ2n) is 5.60. The molecule has 1 amide bonds. The zero-order chi connectivity index (χ0) is 18.5. The van der Waals surface area contributed by atoms with E-state index in [9.17, 15) is 4.79 Å². The maximum absolute atomic E-state index is 12.0. The van der Waals surface area contributed by atoms with E-state index in [4.69, 9.17) is 4.74 Å². The second kappa shape index (κ2) is 8.33. The first-order chi connectivity index (χ1) is 12.5. The first-order valence-electron chi connectivity index (χ1n) is 7.98. The number of anilines is 1. The minimum absolute atomic E-state index is 0.126. The third kappa shape index (κ3) is 4.41. The average Bonchev–Trinajstić information content (AvgIpc) is 3.25. The van der Waals surface area contributed by atoms with Crippen LogP contribution < -0.4 is 10.1 Å². The molecule has 2 aromatic heterocycles. The van der Waals surface area contributed by atoms with E-state index >= 15 is 0 Å². The third-order valence-electron chi connectivity index (χ3n) is 3.64. The molecule has 3 aromatic rings. The Morgan fingerprint density at radius 2 is 2.19 bits per heavy atom. The molecule has 136 valence electrons. The highest BCUT2D eigenvalue weighted by Crippen LogP contribution is 2.25. The summed E-state index contributed by atoms with van der Waals surface area (Å²) < 4.78 is 7.85. The summed E-state index contributed by atoms with van der Waals surface area (Å²) in [5.41, 5.74) is 1.06. The van der Waals surface area contributed by atoms with Crippen molar-refractivity contribution < 1.29 is 9.53 Å². The van der Waals surface area contributed by atoms with Crippen LogP contribution >= 0.6 is 23.1 Å². The molecule has 1 N–H and O–H groups in total. The van der Waals surface area contributed by atoms with E-state index in [0.717, 1.165) is 11.3 Å². The molecule has 0 bridgehead atoms. The van der Waals surface area contributed by atoms with Crippen LogP contribution in [0.2, 0.25) is 0 Å². The molecule has 0 radical (unpaired) electrons. The number of ether oxygens (including phenoxy) is 1. The smallest absolute Gasteiger partial charge is 0.236 e. The number of nitrogens with one attached hydrogen (secondary N) is 1. The molecule has 9 heteroatoms. The highest BCUT2D eigenvalue weighted by Gasteiger charge is 2.18. The summed E-state index contributed by atoms with van der Waals surface area (Å²) in [6.45, 7) is 3.93. The zero-order valence-electron chi connectivity index (χ0n) is 14.7. The van der Waals surface area contributed by atoms with Gasteiger partial charge in [-0.3, -0.25) is 4.79 Å². The van der Waals surface area contributed by atoms with Crippen molar-refractivity contribution in [3.05, 3.63) is 47.2 Å². The first kappa shape index (κ1) is 18.4. The number of amides is 1. The molecule has 1 unspecified atom stereocenters. The predicted molar refractivity (Wildman–Crippen MR) is 103 cm³/mol. The quantitative estimate of drug-likeness (QED) is 0.623. The van der Waals surface area contributed by atoms with Crippen molar-refractivity contribution in [2.45, 2.75) is 25.1 Å². The molecule has 7 nitrogen and oxygen atoms in total. The number of thiazole rings is 1.